The maximum absolute atomic E-state index is 12.7. The summed E-state index contributed by atoms with van der Waals surface area (Å²) in [6.45, 7) is 0.862. The van der Waals surface area contributed by atoms with Crippen molar-refractivity contribution in [3.8, 4) is 6.07 Å². The molecule has 0 aliphatic heterocycles. The highest BCUT2D eigenvalue weighted by Gasteiger charge is 2.71. The molecule has 0 aromatic heterocycles. The van der Waals surface area contributed by atoms with Gasteiger partial charge in [0.25, 0.3) is 5.60 Å². The van der Waals surface area contributed by atoms with Crippen LogP contribution in [0.2, 0.25) is 5.02 Å². The zero-order valence-electron chi connectivity index (χ0n) is 9.69. The van der Waals surface area contributed by atoms with E-state index < -0.39 is 34.1 Å². The van der Waals surface area contributed by atoms with E-state index in [0.29, 0.717) is 12.1 Å². The molecule has 1 aromatic rings. The Labute approximate surface area is 114 Å². The largest absolute Gasteiger partial charge is 0.430 e. The molecule has 0 bridgehead atoms. The predicted octanol–water partition coefficient (Wildman–Crippen LogP) is 3.83. The van der Waals surface area contributed by atoms with Crippen LogP contribution in [0.1, 0.15) is 16.7 Å². The molecule has 9 heteroatoms. The number of hydrogen-bond donors (Lipinski definition) is 1. The summed E-state index contributed by atoms with van der Waals surface area (Å²) in [6, 6.07) is 2.59. The molecular formula is C11H6ClF6NO. The van der Waals surface area contributed by atoms with Crippen molar-refractivity contribution in [3.05, 3.63) is 33.8 Å². The zero-order valence-corrected chi connectivity index (χ0v) is 10.5. The van der Waals surface area contributed by atoms with Crippen molar-refractivity contribution in [2.45, 2.75) is 24.9 Å². The van der Waals surface area contributed by atoms with Crippen LogP contribution in [0.25, 0.3) is 0 Å². The lowest BCUT2D eigenvalue weighted by molar-refractivity contribution is -0.376. The average molecular weight is 318 g/mol. The molecule has 1 aromatic carbocycles. The number of halogens is 7. The first-order valence-electron chi connectivity index (χ1n) is 4.93. The molecule has 0 aliphatic carbocycles. The lowest BCUT2D eigenvalue weighted by Crippen LogP contribution is -2.54. The highest BCUT2D eigenvalue weighted by Crippen LogP contribution is 2.51. The Bertz CT molecular complexity index is 558. The molecule has 0 radical (unpaired) electrons. The molecule has 0 spiro atoms. The van der Waals surface area contributed by atoms with Gasteiger partial charge in [-0.2, -0.15) is 31.6 Å². The molecule has 0 atom stereocenters. The van der Waals surface area contributed by atoms with E-state index >= 15 is 0 Å². The van der Waals surface area contributed by atoms with Crippen molar-refractivity contribution in [1.29, 1.82) is 5.26 Å². The van der Waals surface area contributed by atoms with Gasteiger partial charge in [0.2, 0.25) is 0 Å². The molecule has 1 N–H and O–H groups in total. The Morgan fingerprint density at radius 2 is 1.55 bits per heavy atom. The molecule has 0 amide bonds. The monoisotopic (exact) mass is 317 g/mol. The first-order chi connectivity index (χ1) is 8.88. The Morgan fingerprint density at radius 3 is 1.90 bits per heavy atom. The van der Waals surface area contributed by atoms with Crippen molar-refractivity contribution < 1.29 is 31.4 Å². The van der Waals surface area contributed by atoms with Crippen LogP contribution in [0, 0.1) is 18.3 Å². The molecule has 2 nitrogen and oxygen atoms in total. The molecule has 0 unspecified atom stereocenters. The zero-order chi connectivity index (χ0) is 15.9. The molecule has 20 heavy (non-hydrogen) atoms. The van der Waals surface area contributed by atoms with Gasteiger partial charge in [-0.25, -0.2) is 0 Å². The summed E-state index contributed by atoms with van der Waals surface area (Å²) < 4.78 is 76.2. The third-order valence-corrected chi connectivity index (χ3v) is 3.20. The van der Waals surface area contributed by atoms with Gasteiger partial charge in [0, 0.05) is 5.56 Å². The van der Waals surface area contributed by atoms with Gasteiger partial charge in [0.1, 0.15) is 6.07 Å². The Kier molecular flexibility index (Phi) is 4.00. The van der Waals surface area contributed by atoms with Crippen molar-refractivity contribution >= 4 is 11.6 Å². The van der Waals surface area contributed by atoms with Crippen molar-refractivity contribution in [2.75, 3.05) is 0 Å². The first kappa shape index (κ1) is 16.6. The van der Waals surface area contributed by atoms with Crippen LogP contribution in [0.5, 0.6) is 0 Å². The Morgan fingerprint density at radius 1 is 1.10 bits per heavy atom. The highest BCUT2D eigenvalue weighted by molar-refractivity contribution is 6.32. The van der Waals surface area contributed by atoms with E-state index in [9.17, 15) is 31.4 Å². The minimum atomic E-state index is -5.99. The fraction of sp³-hybridized carbons (Fsp3) is 0.364. The third kappa shape index (κ3) is 2.31. The fourth-order valence-electron chi connectivity index (χ4n) is 1.63. The summed E-state index contributed by atoms with van der Waals surface area (Å²) in [7, 11) is 0. The number of aliphatic hydroxyl groups is 1. The predicted molar refractivity (Wildman–Crippen MR) is 56.9 cm³/mol. The van der Waals surface area contributed by atoms with Gasteiger partial charge in [-0.15, -0.1) is 0 Å². The second-order valence-electron chi connectivity index (χ2n) is 3.92. The molecule has 0 saturated heterocycles. The van der Waals surface area contributed by atoms with E-state index in [4.69, 9.17) is 16.9 Å². The summed E-state index contributed by atoms with van der Waals surface area (Å²) >= 11 is 5.54. The molecular weight excluding hydrogens is 312 g/mol. The summed E-state index contributed by atoms with van der Waals surface area (Å²) in [6.07, 6.45) is -12.0. The number of alkyl halides is 6. The van der Waals surface area contributed by atoms with Crippen molar-refractivity contribution in [1.82, 2.24) is 0 Å². The quantitative estimate of drug-likeness (QED) is 0.800. The van der Waals surface area contributed by atoms with Crippen LogP contribution >= 0.6 is 11.6 Å². The van der Waals surface area contributed by atoms with E-state index in [1.165, 1.54) is 6.07 Å². The van der Waals surface area contributed by atoms with E-state index in [-0.39, 0.29) is 5.56 Å². The Hall–Kier alpha value is -1.46. The minimum Gasteiger partial charge on any atom is -0.369 e. The van der Waals surface area contributed by atoms with Gasteiger partial charge < -0.3 is 5.11 Å². The average Bonchev–Trinajstić information content (AvgIpc) is 2.28. The second kappa shape index (κ2) is 4.82. The first-order valence-corrected chi connectivity index (χ1v) is 5.31. The van der Waals surface area contributed by atoms with Gasteiger partial charge in [-0.05, 0) is 18.6 Å². The van der Waals surface area contributed by atoms with Gasteiger partial charge >= 0.3 is 12.4 Å². The Balaban J connectivity index is 3.71. The molecule has 0 heterocycles. The molecule has 110 valence electrons. The number of rotatable bonds is 1. The number of benzene rings is 1. The van der Waals surface area contributed by atoms with Gasteiger partial charge in [-0.3, -0.25) is 0 Å². The van der Waals surface area contributed by atoms with E-state index in [1.807, 2.05) is 0 Å². The standard InChI is InChI=1S/C11H6ClF6NO/c1-5-7(3-2-6(4-19)8(5)12)9(20,10(13,14)15)11(16,17)18/h2-3,20H,1H3. The maximum Gasteiger partial charge on any atom is 0.430 e. The lowest BCUT2D eigenvalue weighted by atomic mass is 9.88. The van der Waals surface area contributed by atoms with E-state index in [2.05, 4.69) is 0 Å². The molecule has 1 rings (SSSR count). The molecule has 0 aliphatic rings. The number of hydrogen-bond acceptors (Lipinski definition) is 2. The maximum atomic E-state index is 12.7. The highest BCUT2D eigenvalue weighted by atomic mass is 35.5. The fourth-order valence-corrected chi connectivity index (χ4v) is 1.84. The molecule has 0 saturated carbocycles. The lowest BCUT2D eigenvalue weighted by Gasteiger charge is -2.34. The van der Waals surface area contributed by atoms with Crippen LogP contribution in [0.4, 0.5) is 26.3 Å². The van der Waals surface area contributed by atoms with Crippen molar-refractivity contribution in [2.24, 2.45) is 0 Å². The number of nitrogens with zero attached hydrogens (tertiary/aromatic N) is 1. The van der Waals surface area contributed by atoms with Gasteiger partial charge in [0.05, 0.1) is 10.6 Å². The third-order valence-electron chi connectivity index (χ3n) is 2.72. The SMILES string of the molecule is Cc1c(C(O)(C(F)(F)F)C(F)(F)F)ccc(C#N)c1Cl. The molecule has 0 fully saturated rings. The van der Waals surface area contributed by atoms with Crippen LogP contribution in [-0.2, 0) is 5.60 Å². The smallest absolute Gasteiger partial charge is 0.369 e. The normalized spacial score (nSPS) is 13.2. The topological polar surface area (TPSA) is 44.0 Å². The van der Waals surface area contributed by atoms with Gasteiger partial charge in [0.15, 0.2) is 0 Å². The summed E-state index contributed by atoms with van der Waals surface area (Å²) in [4.78, 5) is 0. The summed E-state index contributed by atoms with van der Waals surface area (Å²) in [5, 5.41) is 17.3. The minimum absolute atomic E-state index is 0.292. The van der Waals surface area contributed by atoms with Crippen LogP contribution < -0.4 is 0 Å². The number of nitriles is 1. The van der Waals surface area contributed by atoms with Gasteiger partial charge in [-0.1, -0.05) is 17.7 Å². The van der Waals surface area contributed by atoms with Crippen LogP contribution in [-0.4, -0.2) is 17.5 Å². The van der Waals surface area contributed by atoms with Crippen LogP contribution in [0.3, 0.4) is 0 Å². The summed E-state index contributed by atoms with van der Waals surface area (Å²) in [5.74, 6) is 0. The van der Waals surface area contributed by atoms with E-state index in [1.54, 1.807) is 0 Å². The van der Waals surface area contributed by atoms with Crippen molar-refractivity contribution in [3.63, 3.8) is 0 Å². The second-order valence-corrected chi connectivity index (χ2v) is 4.30. The van der Waals surface area contributed by atoms with Crippen LogP contribution in [0.15, 0.2) is 12.1 Å². The summed E-state index contributed by atoms with van der Waals surface area (Å²) in [5.41, 5.74) is -7.47. The van der Waals surface area contributed by atoms with E-state index in [0.717, 1.165) is 6.92 Å².